The molecule has 0 saturated heterocycles. The molecule has 0 bridgehead atoms. The minimum Gasteiger partial charge on any atom is -0.380 e. The number of nitrogens with zero attached hydrogens (tertiary/aromatic N) is 2. The highest BCUT2D eigenvalue weighted by Crippen LogP contribution is 2.20. The minimum atomic E-state index is -0.257. The summed E-state index contributed by atoms with van der Waals surface area (Å²) in [5, 5.41) is 7.35. The maximum absolute atomic E-state index is 11.8. The third kappa shape index (κ3) is 3.96. The maximum Gasteiger partial charge on any atom is 0.287 e. The number of anilines is 1. The van der Waals surface area contributed by atoms with Gasteiger partial charge < -0.3 is 10.1 Å². The van der Waals surface area contributed by atoms with Gasteiger partial charge >= 0.3 is 0 Å². The van der Waals surface area contributed by atoms with E-state index in [0.29, 0.717) is 31.5 Å². The highest BCUT2D eigenvalue weighted by Gasteiger charge is 2.13. The van der Waals surface area contributed by atoms with E-state index in [0.717, 1.165) is 12.8 Å². The molecule has 0 atom stereocenters. The van der Waals surface area contributed by atoms with Crippen molar-refractivity contribution in [1.82, 2.24) is 9.78 Å². The van der Waals surface area contributed by atoms with Gasteiger partial charge in [0.1, 0.15) is 5.02 Å². The molecule has 1 aliphatic rings. The number of halogens is 1. The van der Waals surface area contributed by atoms with Gasteiger partial charge in [0.15, 0.2) is 0 Å². The highest BCUT2D eigenvalue weighted by molar-refractivity contribution is 6.32. The van der Waals surface area contributed by atoms with Crippen molar-refractivity contribution in [3.8, 4) is 0 Å². The van der Waals surface area contributed by atoms with Crippen LogP contribution in [-0.4, -0.2) is 29.0 Å². The van der Waals surface area contributed by atoms with Crippen LogP contribution in [0.4, 0.5) is 5.69 Å². The van der Waals surface area contributed by atoms with E-state index in [1.54, 1.807) is 6.20 Å². The van der Waals surface area contributed by atoms with E-state index in [1.165, 1.54) is 23.9 Å². The normalized spacial score (nSPS) is 16.3. The smallest absolute Gasteiger partial charge is 0.287 e. The molecule has 0 spiro atoms. The topological polar surface area (TPSA) is 56.1 Å². The summed E-state index contributed by atoms with van der Waals surface area (Å²) in [6.45, 7) is 3.63. The molecule has 1 heterocycles. The van der Waals surface area contributed by atoms with Crippen molar-refractivity contribution in [2.24, 2.45) is 0 Å². The van der Waals surface area contributed by atoms with Crippen molar-refractivity contribution >= 4 is 17.3 Å². The Morgan fingerprint density at radius 2 is 2.20 bits per heavy atom. The fourth-order valence-corrected chi connectivity index (χ4v) is 2.67. The fourth-order valence-electron chi connectivity index (χ4n) is 2.46. The Balaban J connectivity index is 1.79. The first-order chi connectivity index (χ1) is 9.72. The van der Waals surface area contributed by atoms with Gasteiger partial charge in [-0.15, -0.1) is 0 Å². The lowest BCUT2D eigenvalue weighted by molar-refractivity contribution is 0.0347. The molecule has 1 fully saturated rings. The standard InChI is InChI=1S/C14H22ClN3O2/c1-2-18-14(19)13(15)12(10-17-18)16-8-9-20-11-6-4-3-5-7-11/h10-11,16H,2-9H2,1H3. The number of aryl methyl sites for hydroxylation is 1. The largest absolute Gasteiger partial charge is 0.380 e. The summed E-state index contributed by atoms with van der Waals surface area (Å²) in [5.74, 6) is 0. The van der Waals surface area contributed by atoms with Crippen molar-refractivity contribution in [3.63, 3.8) is 0 Å². The quantitative estimate of drug-likeness (QED) is 0.821. The van der Waals surface area contributed by atoms with Crippen molar-refractivity contribution in [2.75, 3.05) is 18.5 Å². The Labute approximate surface area is 124 Å². The molecule has 0 unspecified atom stereocenters. The van der Waals surface area contributed by atoms with E-state index in [-0.39, 0.29) is 10.6 Å². The lowest BCUT2D eigenvalue weighted by atomic mass is 9.98. The molecule has 1 aromatic heterocycles. The number of hydrogen-bond acceptors (Lipinski definition) is 4. The Kier molecular flexibility index (Phi) is 5.86. The van der Waals surface area contributed by atoms with Crippen LogP contribution >= 0.6 is 11.6 Å². The van der Waals surface area contributed by atoms with Gasteiger partial charge in [0, 0.05) is 13.1 Å². The molecular formula is C14H22ClN3O2. The van der Waals surface area contributed by atoms with Crippen LogP contribution < -0.4 is 10.9 Å². The second kappa shape index (κ2) is 7.64. The van der Waals surface area contributed by atoms with Gasteiger partial charge in [-0.3, -0.25) is 4.79 Å². The first kappa shape index (κ1) is 15.3. The van der Waals surface area contributed by atoms with Gasteiger partial charge in [-0.25, -0.2) is 4.68 Å². The zero-order valence-electron chi connectivity index (χ0n) is 11.9. The predicted molar refractivity (Wildman–Crippen MR) is 80.5 cm³/mol. The Bertz CT molecular complexity index is 484. The molecular weight excluding hydrogens is 278 g/mol. The van der Waals surface area contributed by atoms with Gasteiger partial charge in [0.25, 0.3) is 5.56 Å². The average molecular weight is 300 g/mol. The van der Waals surface area contributed by atoms with Gasteiger partial charge in [0.05, 0.1) is 24.6 Å². The fraction of sp³-hybridized carbons (Fsp3) is 0.714. The molecule has 1 aromatic rings. The molecule has 1 N–H and O–H groups in total. The lowest BCUT2D eigenvalue weighted by Crippen LogP contribution is -2.24. The number of aromatic nitrogens is 2. The summed E-state index contributed by atoms with van der Waals surface area (Å²) in [6, 6.07) is 0. The molecule has 6 heteroatoms. The number of ether oxygens (including phenoxy) is 1. The molecule has 0 radical (unpaired) electrons. The predicted octanol–water partition coefficient (Wildman–Crippen LogP) is 2.68. The van der Waals surface area contributed by atoms with Crippen LogP contribution in [0.2, 0.25) is 5.02 Å². The van der Waals surface area contributed by atoms with Crippen molar-refractivity contribution in [2.45, 2.75) is 51.7 Å². The van der Waals surface area contributed by atoms with Gasteiger partial charge in [-0.2, -0.15) is 5.10 Å². The molecule has 1 aliphatic carbocycles. The van der Waals surface area contributed by atoms with Crippen molar-refractivity contribution in [1.29, 1.82) is 0 Å². The first-order valence-corrected chi connectivity index (χ1v) is 7.71. The SMILES string of the molecule is CCn1ncc(NCCOC2CCCCC2)c(Cl)c1=O. The molecule has 0 aromatic carbocycles. The third-order valence-electron chi connectivity index (χ3n) is 3.61. The summed E-state index contributed by atoms with van der Waals surface area (Å²) in [7, 11) is 0. The summed E-state index contributed by atoms with van der Waals surface area (Å²) in [5.41, 5.74) is 0.320. The lowest BCUT2D eigenvalue weighted by Gasteiger charge is -2.22. The van der Waals surface area contributed by atoms with Crippen LogP contribution in [0.5, 0.6) is 0 Å². The van der Waals surface area contributed by atoms with E-state index in [2.05, 4.69) is 10.4 Å². The van der Waals surface area contributed by atoms with Crippen LogP contribution in [-0.2, 0) is 11.3 Å². The molecule has 112 valence electrons. The van der Waals surface area contributed by atoms with Crippen molar-refractivity contribution in [3.05, 3.63) is 21.6 Å². The summed E-state index contributed by atoms with van der Waals surface area (Å²) >= 11 is 6.03. The molecule has 2 rings (SSSR count). The number of hydrogen-bond donors (Lipinski definition) is 1. The van der Waals surface area contributed by atoms with Crippen LogP contribution in [0.25, 0.3) is 0 Å². The van der Waals surface area contributed by atoms with Crippen LogP contribution in [0.3, 0.4) is 0 Å². The van der Waals surface area contributed by atoms with E-state index >= 15 is 0 Å². The monoisotopic (exact) mass is 299 g/mol. The van der Waals surface area contributed by atoms with Gasteiger partial charge in [-0.05, 0) is 19.8 Å². The third-order valence-corrected chi connectivity index (χ3v) is 3.97. The molecule has 5 nitrogen and oxygen atoms in total. The second-order valence-electron chi connectivity index (χ2n) is 5.05. The zero-order valence-corrected chi connectivity index (χ0v) is 12.7. The summed E-state index contributed by atoms with van der Waals surface area (Å²) in [4.78, 5) is 11.8. The Hall–Kier alpha value is -1.07. The molecule has 1 saturated carbocycles. The number of rotatable bonds is 6. The first-order valence-electron chi connectivity index (χ1n) is 7.33. The van der Waals surface area contributed by atoms with Crippen LogP contribution in [0, 0.1) is 0 Å². The van der Waals surface area contributed by atoms with E-state index in [4.69, 9.17) is 16.3 Å². The van der Waals surface area contributed by atoms with Crippen LogP contribution in [0.15, 0.2) is 11.0 Å². The Morgan fingerprint density at radius 3 is 2.90 bits per heavy atom. The summed E-state index contributed by atoms with van der Waals surface area (Å²) in [6.07, 6.45) is 8.17. The van der Waals surface area contributed by atoms with E-state index in [9.17, 15) is 4.79 Å². The molecule has 20 heavy (non-hydrogen) atoms. The summed E-state index contributed by atoms with van der Waals surface area (Å²) < 4.78 is 7.15. The zero-order chi connectivity index (χ0) is 14.4. The molecule has 0 amide bonds. The van der Waals surface area contributed by atoms with Crippen LogP contribution in [0.1, 0.15) is 39.0 Å². The minimum absolute atomic E-state index is 0.194. The second-order valence-corrected chi connectivity index (χ2v) is 5.43. The maximum atomic E-state index is 11.8. The van der Waals surface area contributed by atoms with Crippen molar-refractivity contribution < 1.29 is 4.74 Å². The molecule has 0 aliphatic heterocycles. The van der Waals surface area contributed by atoms with E-state index < -0.39 is 0 Å². The van der Waals surface area contributed by atoms with Gasteiger partial charge in [-0.1, -0.05) is 30.9 Å². The average Bonchev–Trinajstić information content (AvgIpc) is 2.49. The van der Waals surface area contributed by atoms with E-state index in [1.807, 2.05) is 6.92 Å². The van der Waals surface area contributed by atoms with Gasteiger partial charge in [0.2, 0.25) is 0 Å². The highest BCUT2D eigenvalue weighted by atomic mass is 35.5. The Morgan fingerprint density at radius 1 is 1.45 bits per heavy atom. The number of nitrogens with one attached hydrogen (secondary N) is 1.